The summed E-state index contributed by atoms with van der Waals surface area (Å²) in [6.45, 7) is 9.74. The molecule has 2 heteroatoms. The Hall–Kier alpha value is -1.02. The third-order valence-corrected chi connectivity index (χ3v) is 4.84. The van der Waals surface area contributed by atoms with E-state index >= 15 is 0 Å². The average Bonchev–Trinajstić information content (AvgIpc) is 2.45. The molecule has 2 nitrogen and oxygen atoms in total. The number of hydrogen-bond donors (Lipinski definition) is 1. The summed E-state index contributed by atoms with van der Waals surface area (Å²) in [5.41, 5.74) is 2.96. The quantitative estimate of drug-likeness (QED) is 0.826. The number of ether oxygens (including phenoxy) is 1. The molecule has 106 valence electrons. The van der Waals surface area contributed by atoms with Crippen LogP contribution in [0, 0.1) is 5.41 Å². The first-order valence-electron chi connectivity index (χ1n) is 7.61. The van der Waals surface area contributed by atoms with Crippen molar-refractivity contribution in [2.75, 3.05) is 11.9 Å². The minimum absolute atomic E-state index is 0.261. The summed E-state index contributed by atoms with van der Waals surface area (Å²) < 4.78 is 5.87. The molecule has 1 fully saturated rings. The van der Waals surface area contributed by atoms with Gasteiger partial charge in [-0.05, 0) is 37.8 Å². The van der Waals surface area contributed by atoms with Gasteiger partial charge >= 0.3 is 0 Å². The van der Waals surface area contributed by atoms with Crippen molar-refractivity contribution in [1.29, 1.82) is 0 Å². The van der Waals surface area contributed by atoms with Crippen molar-refractivity contribution < 1.29 is 4.74 Å². The second-order valence-electron chi connectivity index (χ2n) is 5.75. The van der Waals surface area contributed by atoms with Crippen molar-refractivity contribution in [3.63, 3.8) is 0 Å². The van der Waals surface area contributed by atoms with Crippen LogP contribution in [0.3, 0.4) is 0 Å². The molecule has 1 aliphatic carbocycles. The molecule has 2 rings (SSSR count). The van der Waals surface area contributed by atoms with E-state index in [1.54, 1.807) is 0 Å². The van der Waals surface area contributed by atoms with Gasteiger partial charge in [-0.15, -0.1) is 0 Å². The Morgan fingerprint density at radius 1 is 1.26 bits per heavy atom. The van der Waals surface area contributed by atoms with Crippen molar-refractivity contribution >= 4 is 5.69 Å². The van der Waals surface area contributed by atoms with E-state index in [4.69, 9.17) is 4.74 Å². The predicted octanol–water partition coefficient (Wildman–Crippen LogP) is 4.25. The highest BCUT2D eigenvalue weighted by Crippen LogP contribution is 2.47. The molecule has 0 heterocycles. The maximum atomic E-state index is 5.87. The fourth-order valence-corrected chi connectivity index (χ4v) is 3.13. The molecule has 0 bridgehead atoms. The van der Waals surface area contributed by atoms with E-state index in [1.165, 1.54) is 11.3 Å². The first-order valence-corrected chi connectivity index (χ1v) is 7.61. The van der Waals surface area contributed by atoms with Crippen LogP contribution in [0.25, 0.3) is 0 Å². The first kappa shape index (κ1) is 14.4. The van der Waals surface area contributed by atoms with Crippen molar-refractivity contribution in [3.8, 4) is 0 Å². The van der Waals surface area contributed by atoms with Gasteiger partial charge in [-0.3, -0.25) is 0 Å². The topological polar surface area (TPSA) is 21.3 Å². The van der Waals surface area contributed by atoms with Gasteiger partial charge in [-0.1, -0.05) is 39.0 Å². The predicted molar refractivity (Wildman–Crippen MR) is 81.7 cm³/mol. The number of hydrogen-bond acceptors (Lipinski definition) is 2. The molecule has 1 aromatic rings. The van der Waals surface area contributed by atoms with Crippen molar-refractivity contribution in [1.82, 2.24) is 0 Å². The van der Waals surface area contributed by atoms with E-state index in [2.05, 4.69) is 57.3 Å². The van der Waals surface area contributed by atoms with Crippen LogP contribution in [0.2, 0.25) is 0 Å². The van der Waals surface area contributed by atoms with Crippen LogP contribution in [-0.2, 0) is 11.2 Å². The zero-order chi connectivity index (χ0) is 13.9. The molecule has 3 unspecified atom stereocenters. The molecule has 19 heavy (non-hydrogen) atoms. The largest absolute Gasteiger partial charge is 0.381 e. The van der Waals surface area contributed by atoms with Gasteiger partial charge in [0, 0.05) is 23.8 Å². The van der Waals surface area contributed by atoms with Gasteiger partial charge in [0.15, 0.2) is 0 Å². The lowest BCUT2D eigenvalue weighted by Gasteiger charge is -2.54. The number of para-hydroxylation sites is 1. The van der Waals surface area contributed by atoms with Crippen LogP contribution in [-0.4, -0.2) is 18.8 Å². The number of benzene rings is 1. The van der Waals surface area contributed by atoms with Crippen molar-refractivity contribution in [2.24, 2.45) is 5.41 Å². The highest BCUT2D eigenvalue weighted by atomic mass is 16.5. The minimum atomic E-state index is 0.261. The number of anilines is 1. The maximum absolute atomic E-state index is 5.87. The summed E-state index contributed by atoms with van der Waals surface area (Å²) in [6.07, 6.45) is 3.77. The Morgan fingerprint density at radius 2 is 2.00 bits per heavy atom. The molecule has 0 aliphatic heterocycles. The van der Waals surface area contributed by atoms with Crippen molar-refractivity contribution in [2.45, 2.75) is 59.1 Å². The lowest BCUT2D eigenvalue weighted by atomic mass is 9.61. The van der Waals surface area contributed by atoms with E-state index in [1.807, 2.05) is 0 Å². The monoisotopic (exact) mass is 261 g/mol. The van der Waals surface area contributed by atoms with Crippen LogP contribution in [0.1, 0.15) is 46.1 Å². The van der Waals surface area contributed by atoms with Crippen LogP contribution < -0.4 is 5.32 Å². The zero-order valence-electron chi connectivity index (χ0n) is 12.7. The summed E-state index contributed by atoms with van der Waals surface area (Å²) in [5, 5.41) is 3.75. The Labute approximate surface area is 117 Å². The Bertz CT molecular complexity index is 417. The van der Waals surface area contributed by atoms with Gasteiger partial charge in [0.1, 0.15) is 0 Å². The number of rotatable bonds is 6. The molecular formula is C17H27NO. The third kappa shape index (κ3) is 2.64. The number of aryl methyl sites for hydroxylation is 1. The molecule has 1 aromatic carbocycles. The fourth-order valence-electron chi connectivity index (χ4n) is 3.13. The van der Waals surface area contributed by atoms with Gasteiger partial charge in [-0.25, -0.2) is 0 Å². The molecule has 0 saturated heterocycles. The normalized spacial score (nSPS) is 29.9. The van der Waals surface area contributed by atoms with Gasteiger partial charge in [-0.2, -0.15) is 0 Å². The van der Waals surface area contributed by atoms with Crippen LogP contribution in [0.5, 0.6) is 0 Å². The van der Waals surface area contributed by atoms with Crippen LogP contribution in [0.4, 0.5) is 5.69 Å². The Balaban J connectivity index is 2.08. The highest BCUT2D eigenvalue weighted by molar-refractivity contribution is 5.52. The molecule has 1 N–H and O–H groups in total. The summed E-state index contributed by atoms with van der Waals surface area (Å²) in [7, 11) is 0. The molecule has 0 radical (unpaired) electrons. The van der Waals surface area contributed by atoms with Crippen molar-refractivity contribution in [3.05, 3.63) is 29.8 Å². The van der Waals surface area contributed by atoms with Crippen LogP contribution in [0.15, 0.2) is 24.3 Å². The molecule has 1 aliphatic rings. The fraction of sp³-hybridized carbons (Fsp3) is 0.647. The van der Waals surface area contributed by atoms with Gasteiger partial charge in [0.05, 0.1) is 6.10 Å². The lowest BCUT2D eigenvalue weighted by molar-refractivity contribution is -0.109. The standard InChI is InChI=1S/C17H27NO/c1-5-13-10-8-9-11-14(13)18-15-12-16(19-7-3)17(15,4)6-2/h8-11,15-16,18H,5-7,12H2,1-4H3. The summed E-state index contributed by atoms with van der Waals surface area (Å²) >= 11 is 0. The minimum Gasteiger partial charge on any atom is -0.381 e. The maximum Gasteiger partial charge on any atom is 0.0667 e. The van der Waals surface area contributed by atoms with E-state index in [9.17, 15) is 0 Å². The van der Waals surface area contributed by atoms with E-state index in [-0.39, 0.29) is 5.41 Å². The Kier molecular flexibility index (Phi) is 4.51. The van der Waals surface area contributed by atoms with Gasteiger partial charge in [0.2, 0.25) is 0 Å². The molecule has 3 atom stereocenters. The number of nitrogens with one attached hydrogen (secondary N) is 1. The highest BCUT2D eigenvalue weighted by Gasteiger charge is 2.51. The second-order valence-corrected chi connectivity index (χ2v) is 5.75. The molecule has 0 aromatic heterocycles. The summed E-state index contributed by atoms with van der Waals surface area (Å²) in [4.78, 5) is 0. The average molecular weight is 261 g/mol. The van der Waals surface area contributed by atoms with Gasteiger partial charge in [0.25, 0.3) is 0 Å². The molecule has 1 saturated carbocycles. The van der Waals surface area contributed by atoms with E-state index in [0.29, 0.717) is 12.1 Å². The van der Waals surface area contributed by atoms with E-state index < -0.39 is 0 Å². The molecular weight excluding hydrogens is 234 g/mol. The van der Waals surface area contributed by atoms with E-state index in [0.717, 1.165) is 25.9 Å². The molecule has 0 spiro atoms. The summed E-state index contributed by atoms with van der Waals surface area (Å²) in [5.74, 6) is 0. The Morgan fingerprint density at radius 3 is 2.63 bits per heavy atom. The lowest BCUT2D eigenvalue weighted by Crippen LogP contribution is -2.59. The molecule has 0 amide bonds. The second kappa shape index (κ2) is 5.96. The smallest absolute Gasteiger partial charge is 0.0667 e. The summed E-state index contributed by atoms with van der Waals surface area (Å²) in [6, 6.07) is 9.17. The van der Waals surface area contributed by atoms with Crippen LogP contribution >= 0.6 is 0 Å². The first-order chi connectivity index (χ1) is 9.15. The zero-order valence-corrected chi connectivity index (χ0v) is 12.7. The SMILES string of the molecule is CCOC1CC(Nc2ccccc2CC)C1(C)CC. The third-order valence-electron chi connectivity index (χ3n) is 4.84. The van der Waals surface area contributed by atoms with Gasteiger partial charge < -0.3 is 10.1 Å².